The lowest BCUT2D eigenvalue weighted by Crippen LogP contribution is -2.29. The van der Waals surface area contributed by atoms with Crippen LogP contribution in [0.1, 0.15) is 6.92 Å². The quantitative estimate of drug-likeness (QED) is 0.798. The van der Waals surface area contributed by atoms with Gasteiger partial charge in [0.1, 0.15) is 0 Å². The van der Waals surface area contributed by atoms with E-state index in [0.29, 0.717) is 6.54 Å². The topological polar surface area (TPSA) is 37.4 Å². The summed E-state index contributed by atoms with van der Waals surface area (Å²) in [6, 6.07) is 7.41. The summed E-state index contributed by atoms with van der Waals surface area (Å²) in [5.74, 6) is 0. The normalized spacial score (nSPS) is 11.4. The van der Waals surface area contributed by atoms with Gasteiger partial charge in [-0.25, -0.2) is 8.42 Å². The van der Waals surface area contributed by atoms with Gasteiger partial charge in [-0.3, -0.25) is 4.31 Å². The van der Waals surface area contributed by atoms with Gasteiger partial charge in [0.2, 0.25) is 10.0 Å². The summed E-state index contributed by atoms with van der Waals surface area (Å²) < 4.78 is 25.2. The van der Waals surface area contributed by atoms with Crippen LogP contribution in [0.3, 0.4) is 0 Å². The summed E-state index contributed by atoms with van der Waals surface area (Å²) in [7, 11) is -3.15. The van der Waals surface area contributed by atoms with Gasteiger partial charge in [-0.2, -0.15) is 0 Å². The van der Waals surface area contributed by atoms with Crippen molar-refractivity contribution in [2.75, 3.05) is 17.1 Å². The fourth-order valence-electron chi connectivity index (χ4n) is 1.22. The van der Waals surface area contributed by atoms with Crippen molar-refractivity contribution in [3.05, 3.63) is 27.8 Å². The predicted molar refractivity (Wildman–Crippen MR) is 67.0 cm³/mol. The lowest BCUT2D eigenvalue weighted by molar-refractivity contribution is 0.598. The molecule has 1 rings (SSSR count). The molecule has 0 heterocycles. The largest absolute Gasteiger partial charge is 0.271 e. The number of hydrogen-bond donors (Lipinski definition) is 0. The third kappa shape index (κ3) is 2.84. The van der Waals surface area contributed by atoms with E-state index in [9.17, 15) is 8.42 Å². The Morgan fingerprint density at radius 3 is 2.14 bits per heavy atom. The number of benzene rings is 1. The molecule has 0 unspecified atom stereocenters. The van der Waals surface area contributed by atoms with E-state index >= 15 is 0 Å². The first-order chi connectivity index (χ1) is 6.45. The number of rotatable bonds is 3. The molecule has 1 aromatic rings. The van der Waals surface area contributed by atoms with Crippen molar-refractivity contribution in [2.24, 2.45) is 0 Å². The lowest BCUT2D eigenvalue weighted by atomic mass is 10.3. The van der Waals surface area contributed by atoms with Gasteiger partial charge in [0.05, 0.1) is 11.9 Å². The minimum Gasteiger partial charge on any atom is -0.271 e. The summed E-state index contributed by atoms with van der Waals surface area (Å²) in [6.07, 6.45) is 1.22. The molecule has 0 saturated carbocycles. The van der Waals surface area contributed by atoms with E-state index in [1.54, 1.807) is 0 Å². The highest BCUT2D eigenvalue weighted by atomic mass is 127. The van der Waals surface area contributed by atoms with Gasteiger partial charge in [0.15, 0.2) is 0 Å². The zero-order valence-electron chi connectivity index (χ0n) is 8.07. The third-order valence-electron chi connectivity index (χ3n) is 1.80. The van der Waals surface area contributed by atoms with Gasteiger partial charge in [-0.15, -0.1) is 0 Å². The van der Waals surface area contributed by atoms with Crippen LogP contribution in [-0.4, -0.2) is 21.2 Å². The second-order valence-electron chi connectivity index (χ2n) is 2.90. The minimum atomic E-state index is -3.15. The van der Waals surface area contributed by atoms with Gasteiger partial charge in [-0.05, 0) is 53.8 Å². The van der Waals surface area contributed by atoms with Gasteiger partial charge < -0.3 is 0 Å². The van der Waals surface area contributed by atoms with E-state index in [4.69, 9.17) is 0 Å². The monoisotopic (exact) mass is 325 g/mol. The number of hydrogen-bond acceptors (Lipinski definition) is 2. The molecule has 0 amide bonds. The van der Waals surface area contributed by atoms with Crippen molar-refractivity contribution >= 4 is 38.3 Å². The van der Waals surface area contributed by atoms with E-state index in [1.165, 1.54) is 10.6 Å². The van der Waals surface area contributed by atoms with Crippen molar-refractivity contribution in [3.63, 3.8) is 0 Å². The van der Waals surface area contributed by atoms with Gasteiger partial charge in [0.25, 0.3) is 0 Å². The standard InChI is InChI=1S/C9H12INO2S/c1-3-11(14(2,12)13)9-6-4-8(10)5-7-9/h4-7H,3H2,1-2H3. The molecule has 0 bridgehead atoms. The first-order valence-electron chi connectivity index (χ1n) is 4.18. The fraction of sp³-hybridized carbons (Fsp3) is 0.333. The van der Waals surface area contributed by atoms with Gasteiger partial charge in [-0.1, -0.05) is 0 Å². The highest BCUT2D eigenvalue weighted by Crippen LogP contribution is 2.18. The molecule has 14 heavy (non-hydrogen) atoms. The van der Waals surface area contributed by atoms with Crippen LogP contribution >= 0.6 is 22.6 Å². The Labute approximate surface area is 98.3 Å². The zero-order valence-corrected chi connectivity index (χ0v) is 11.0. The molecule has 1 aromatic carbocycles. The van der Waals surface area contributed by atoms with E-state index in [0.717, 1.165) is 9.26 Å². The molecule has 0 saturated heterocycles. The van der Waals surface area contributed by atoms with E-state index in [-0.39, 0.29) is 0 Å². The number of halogens is 1. The van der Waals surface area contributed by atoms with Crippen molar-refractivity contribution in [3.8, 4) is 0 Å². The number of sulfonamides is 1. The molecule has 0 aliphatic carbocycles. The Morgan fingerprint density at radius 1 is 1.29 bits per heavy atom. The Bertz CT molecular complexity index is 399. The summed E-state index contributed by atoms with van der Waals surface area (Å²) >= 11 is 2.18. The van der Waals surface area contributed by atoms with Crippen molar-refractivity contribution in [2.45, 2.75) is 6.92 Å². The molecule has 0 fully saturated rings. The lowest BCUT2D eigenvalue weighted by Gasteiger charge is -2.20. The van der Waals surface area contributed by atoms with E-state index in [1.807, 2.05) is 31.2 Å². The van der Waals surface area contributed by atoms with E-state index in [2.05, 4.69) is 22.6 Å². The minimum absolute atomic E-state index is 0.458. The van der Waals surface area contributed by atoms with Crippen LogP contribution in [0.2, 0.25) is 0 Å². The van der Waals surface area contributed by atoms with Crippen LogP contribution in [0.4, 0.5) is 5.69 Å². The smallest absolute Gasteiger partial charge is 0.232 e. The summed E-state index contributed by atoms with van der Waals surface area (Å²) in [5.41, 5.74) is 0.718. The molecular weight excluding hydrogens is 313 g/mol. The molecule has 0 radical (unpaired) electrons. The second kappa shape index (κ2) is 4.48. The summed E-state index contributed by atoms with van der Waals surface area (Å²) in [6.45, 7) is 2.28. The molecule has 5 heteroatoms. The molecule has 0 aliphatic heterocycles. The molecule has 0 atom stereocenters. The highest BCUT2D eigenvalue weighted by Gasteiger charge is 2.14. The first kappa shape index (κ1) is 11.8. The van der Waals surface area contributed by atoms with Crippen LogP contribution in [0.5, 0.6) is 0 Å². The van der Waals surface area contributed by atoms with Crippen LogP contribution in [0.15, 0.2) is 24.3 Å². The van der Waals surface area contributed by atoms with Gasteiger partial charge >= 0.3 is 0 Å². The highest BCUT2D eigenvalue weighted by molar-refractivity contribution is 14.1. The predicted octanol–water partition coefficient (Wildman–Crippen LogP) is 2.08. The van der Waals surface area contributed by atoms with Crippen LogP contribution in [-0.2, 0) is 10.0 Å². The zero-order chi connectivity index (χ0) is 10.8. The SMILES string of the molecule is CCN(c1ccc(I)cc1)S(C)(=O)=O. The fourth-order valence-corrected chi connectivity index (χ4v) is 2.55. The maximum Gasteiger partial charge on any atom is 0.232 e. The molecular formula is C9H12INO2S. The molecule has 78 valence electrons. The van der Waals surface area contributed by atoms with E-state index < -0.39 is 10.0 Å². The molecule has 0 aliphatic rings. The molecule has 0 N–H and O–H groups in total. The Balaban J connectivity index is 3.08. The third-order valence-corrected chi connectivity index (χ3v) is 3.79. The van der Waals surface area contributed by atoms with Crippen LogP contribution in [0.25, 0.3) is 0 Å². The summed E-state index contributed by atoms with van der Waals surface area (Å²) in [5, 5.41) is 0. The van der Waals surface area contributed by atoms with Crippen molar-refractivity contribution in [1.29, 1.82) is 0 Å². The second-order valence-corrected chi connectivity index (χ2v) is 6.06. The maximum atomic E-state index is 11.4. The molecule has 3 nitrogen and oxygen atoms in total. The summed E-state index contributed by atoms with van der Waals surface area (Å²) in [4.78, 5) is 0. The molecule has 0 spiro atoms. The average Bonchev–Trinajstić information content (AvgIpc) is 2.07. The van der Waals surface area contributed by atoms with Gasteiger partial charge in [0, 0.05) is 10.1 Å². The molecule has 0 aromatic heterocycles. The Hall–Kier alpha value is -0.300. The van der Waals surface area contributed by atoms with Crippen LogP contribution in [0, 0.1) is 3.57 Å². The number of anilines is 1. The Morgan fingerprint density at radius 2 is 1.79 bits per heavy atom. The first-order valence-corrected chi connectivity index (χ1v) is 7.11. The average molecular weight is 325 g/mol. The maximum absolute atomic E-state index is 11.4. The van der Waals surface area contributed by atoms with Crippen LogP contribution < -0.4 is 4.31 Å². The Kier molecular flexibility index (Phi) is 3.77. The number of nitrogens with zero attached hydrogens (tertiary/aromatic N) is 1. The van der Waals surface area contributed by atoms with Crippen molar-refractivity contribution in [1.82, 2.24) is 0 Å². The van der Waals surface area contributed by atoms with Crippen molar-refractivity contribution < 1.29 is 8.42 Å².